The van der Waals surface area contributed by atoms with Crippen LogP contribution in [0.5, 0.6) is 0 Å². The van der Waals surface area contributed by atoms with E-state index in [0.29, 0.717) is 18.8 Å². The summed E-state index contributed by atoms with van der Waals surface area (Å²) < 4.78 is 24.1. The summed E-state index contributed by atoms with van der Waals surface area (Å²) in [5.41, 5.74) is 1.45. The number of allylic oxidation sites excluding steroid dienone is 4. The molecule has 316 valence electrons. The van der Waals surface area contributed by atoms with Crippen LogP contribution in [0.4, 0.5) is 0 Å². The second-order valence-electron chi connectivity index (χ2n) is 19.6. The summed E-state index contributed by atoms with van der Waals surface area (Å²) in [5.74, 6) is 0.659. The Balaban J connectivity index is 1.26. The van der Waals surface area contributed by atoms with Gasteiger partial charge in [-0.25, -0.2) is 0 Å². The first-order valence-electron chi connectivity index (χ1n) is 20.6. The summed E-state index contributed by atoms with van der Waals surface area (Å²) in [5, 5.41) is 97.6. The fraction of sp³-hybridized carbons (Fsp3) is 0.905. The SMILES string of the molecule is CC(C)=CC/C=C(/C)[C@H]1CC[C@]2(C)C1[C@H](O)CC1[C@@]3(C)C[C@@H](O)[C@H](OC4OC(CO)[C@@H](O)[C@H](O)[C@@H]4OC4OC(CO)[C@@H](O)[C@H](O)[C@@H]4O)C(C)(C)C3CC[C@]12C. The van der Waals surface area contributed by atoms with E-state index in [1.165, 1.54) is 11.1 Å². The molecule has 2 heterocycles. The molecule has 0 amide bonds. The van der Waals surface area contributed by atoms with Crippen molar-refractivity contribution in [2.24, 2.45) is 45.3 Å². The highest BCUT2D eigenvalue weighted by Crippen LogP contribution is 2.75. The van der Waals surface area contributed by atoms with E-state index in [0.717, 1.165) is 32.1 Å². The number of hydrogen-bond donors (Lipinski definition) is 9. The zero-order valence-corrected chi connectivity index (χ0v) is 34.0. The molecule has 4 saturated carbocycles. The maximum Gasteiger partial charge on any atom is 0.187 e. The lowest BCUT2D eigenvalue weighted by molar-refractivity contribution is -0.383. The van der Waals surface area contributed by atoms with Gasteiger partial charge in [-0.2, -0.15) is 0 Å². The van der Waals surface area contributed by atoms with Crippen molar-refractivity contribution in [2.45, 2.75) is 180 Å². The maximum absolute atomic E-state index is 12.2. The molecule has 4 aliphatic carbocycles. The Morgan fingerprint density at radius 2 is 1.27 bits per heavy atom. The zero-order valence-electron chi connectivity index (χ0n) is 34.0. The third-order valence-corrected chi connectivity index (χ3v) is 16.1. The summed E-state index contributed by atoms with van der Waals surface area (Å²) in [6.45, 7) is 16.3. The van der Waals surface area contributed by atoms with Gasteiger partial charge in [-0.3, -0.25) is 0 Å². The molecule has 6 rings (SSSR count). The molecule has 9 N–H and O–H groups in total. The second-order valence-corrected chi connectivity index (χ2v) is 19.6. The highest BCUT2D eigenvalue weighted by molar-refractivity contribution is 5.23. The van der Waals surface area contributed by atoms with Gasteiger partial charge in [0, 0.05) is 0 Å². The number of rotatable bonds is 9. The van der Waals surface area contributed by atoms with Gasteiger partial charge in [-0.15, -0.1) is 0 Å². The number of aliphatic hydroxyl groups is 9. The third kappa shape index (κ3) is 7.12. The summed E-state index contributed by atoms with van der Waals surface area (Å²) in [4.78, 5) is 0. The molecular formula is C42H70O13. The quantitative estimate of drug-likeness (QED) is 0.121. The monoisotopic (exact) mass is 782 g/mol. The molecule has 0 radical (unpaired) electrons. The molecule has 6 aliphatic rings. The van der Waals surface area contributed by atoms with Gasteiger partial charge < -0.3 is 64.9 Å². The van der Waals surface area contributed by atoms with Crippen molar-refractivity contribution in [1.29, 1.82) is 0 Å². The van der Waals surface area contributed by atoms with Crippen LogP contribution in [0.15, 0.2) is 23.3 Å². The van der Waals surface area contributed by atoms with E-state index < -0.39 is 98.4 Å². The first kappa shape index (κ1) is 43.5. The number of aliphatic hydroxyl groups excluding tert-OH is 9. The Hall–Kier alpha value is -1.04. The molecule has 7 unspecified atom stereocenters. The lowest BCUT2D eigenvalue weighted by Gasteiger charge is -2.71. The standard InChI is InChI=1S/C42H70O13/c1-20(2)10-9-11-21(3)22-12-14-42(8)29(22)23(45)16-28-40(6)17-24(46)36(39(4,5)27(40)13-15-41(28,42)7)55-38-35(33(50)31(48)26(19-44)53-38)54-37-34(51)32(49)30(47)25(18-43)52-37/h10-11,22-38,43-51H,9,12-19H2,1-8H3/b21-11-/t22-,23-,24-,25?,26?,27?,28?,29?,30-,31-,32+,33+,34+,35+,36+,37?,38?,40+,41-,42-/m1/s1. The van der Waals surface area contributed by atoms with Crippen molar-refractivity contribution in [3.05, 3.63) is 23.3 Å². The summed E-state index contributed by atoms with van der Waals surface area (Å²) in [7, 11) is 0. The number of ether oxygens (including phenoxy) is 4. The van der Waals surface area contributed by atoms with E-state index >= 15 is 0 Å². The fourth-order valence-electron chi connectivity index (χ4n) is 13.1. The van der Waals surface area contributed by atoms with E-state index in [9.17, 15) is 46.0 Å². The summed E-state index contributed by atoms with van der Waals surface area (Å²) in [6, 6.07) is 0. The molecule has 0 aromatic rings. The lowest BCUT2D eigenvalue weighted by atomic mass is 9.35. The van der Waals surface area contributed by atoms with Crippen molar-refractivity contribution in [3.63, 3.8) is 0 Å². The number of fused-ring (bicyclic) bond motifs is 5. The van der Waals surface area contributed by atoms with Crippen molar-refractivity contribution in [2.75, 3.05) is 13.2 Å². The minimum Gasteiger partial charge on any atom is -0.394 e. The predicted molar refractivity (Wildman–Crippen MR) is 201 cm³/mol. The maximum atomic E-state index is 12.2. The van der Waals surface area contributed by atoms with Crippen molar-refractivity contribution in [1.82, 2.24) is 0 Å². The van der Waals surface area contributed by atoms with Crippen molar-refractivity contribution in [3.8, 4) is 0 Å². The van der Waals surface area contributed by atoms with Gasteiger partial charge in [-0.1, -0.05) is 57.9 Å². The minimum absolute atomic E-state index is 0.0549. The number of hydrogen-bond acceptors (Lipinski definition) is 13. The largest absolute Gasteiger partial charge is 0.394 e. The van der Waals surface area contributed by atoms with E-state index in [1.807, 2.05) is 0 Å². The van der Waals surface area contributed by atoms with E-state index in [-0.39, 0.29) is 34.0 Å². The van der Waals surface area contributed by atoms with Gasteiger partial charge in [0.1, 0.15) is 48.8 Å². The third-order valence-electron chi connectivity index (χ3n) is 16.1. The van der Waals surface area contributed by atoms with Crippen molar-refractivity contribution < 1.29 is 64.9 Å². The molecule has 6 fully saturated rings. The van der Waals surface area contributed by atoms with Crippen LogP contribution >= 0.6 is 0 Å². The average Bonchev–Trinajstić information content (AvgIpc) is 3.49. The Morgan fingerprint density at radius 1 is 0.673 bits per heavy atom. The van der Waals surface area contributed by atoms with Gasteiger partial charge in [0.25, 0.3) is 0 Å². The second kappa shape index (κ2) is 15.9. The van der Waals surface area contributed by atoms with Gasteiger partial charge in [0.2, 0.25) is 0 Å². The first-order valence-corrected chi connectivity index (χ1v) is 20.6. The van der Waals surface area contributed by atoms with Crippen LogP contribution < -0.4 is 0 Å². The molecule has 13 nitrogen and oxygen atoms in total. The predicted octanol–water partition coefficient (Wildman–Crippen LogP) is 1.93. The first-order chi connectivity index (χ1) is 25.7. The van der Waals surface area contributed by atoms with Crippen LogP contribution in [0.25, 0.3) is 0 Å². The molecule has 0 aromatic heterocycles. The highest BCUT2D eigenvalue weighted by atomic mass is 16.8. The molecular weight excluding hydrogens is 712 g/mol. The van der Waals surface area contributed by atoms with Crippen LogP contribution in [0.2, 0.25) is 0 Å². The van der Waals surface area contributed by atoms with E-state index in [1.54, 1.807) is 0 Å². The molecule has 0 bridgehead atoms. The van der Waals surface area contributed by atoms with Crippen LogP contribution in [0.1, 0.15) is 100 Å². The normalized spacial score (nSPS) is 52.5. The molecule has 55 heavy (non-hydrogen) atoms. The molecule has 13 heteroatoms. The lowest BCUT2D eigenvalue weighted by Crippen LogP contribution is -2.69. The van der Waals surface area contributed by atoms with Gasteiger partial charge >= 0.3 is 0 Å². The van der Waals surface area contributed by atoms with Crippen LogP contribution in [0, 0.1) is 45.3 Å². The van der Waals surface area contributed by atoms with Crippen LogP contribution in [-0.4, -0.2) is 139 Å². The molecule has 2 aliphatic heterocycles. The van der Waals surface area contributed by atoms with Crippen LogP contribution in [-0.2, 0) is 18.9 Å². The molecule has 20 atom stereocenters. The minimum atomic E-state index is -1.79. The molecule has 0 spiro atoms. The van der Waals surface area contributed by atoms with E-state index in [2.05, 4.69) is 67.5 Å². The average molecular weight is 783 g/mol. The fourth-order valence-corrected chi connectivity index (χ4v) is 13.1. The smallest absolute Gasteiger partial charge is 0.187 e. The Labute approximate surface area is 326 Å². The topological polar surface area (TPSA) is 219 Å². The van der Waals surface area contributed by atoms with Gasteiger partial charge in [-0.05, 0) is 111 Å². The van der Waals surface area contributed by atoms with Crippen molar-refractivity contribution >= 4 is 0 Å². The molecule has 2 saturated heterocycles. The van der Waals surface area contributed by atoms with Crippen LogP contribution in [0.3, 0.4) is 0 Å². The summed E-state index contributed by atoms with van der Waals surface area (Å²) >= 11 is 0. The van der Waals surface area contributed by atoms with E-state index in [4.69, 9.17) is 18.9 Å². The van der Waals surface area contributed by atoms with Gasteiger partial charge in [0.15, 0.2) is 12.6 Å². The Kier molecular flexibility index (Phi) is 12.6. The molecule has 0 aromatic carbocycles. The summed E-state index contributed by atoms with van der Waals surface area (Å²) in [6.07, 6.45) is -7.67. The highest BCUT2D eigenvalue weighted by Gasteiger charge is 2.71. The zero-order chi connectivity index (χ0) is 40.6. The van der Waals surface area contributed by atoms with Gasteiger partial charge in [0.05, 0.1) is 31.5 Å². The Morgan fingerprint density at radius 3 is 1.89 bits per heavy atom. The Bertz CT molecular complexity index is 1420.